The van der Waals surface area contributed by atoms with E-state index in [1.807, 2.05) is 0 Å². The molecule has 1 aliphatic rings. The number of ether oxygens (including phenoxy) is 3. The summed E-state index contributed by atoms with van der Waals surface area (Å²) in [6, 6.07) is 0. The molecule has 0 heterocycles. The maximum Gasteiger partial charge on any atom is 0.306 e. The average molecular weight is 329 g/mol. The van der Waals surface area contributed by atoms with Gasteiger partial charge in [0.1, 0.15) is 0 Å². The molecule has 0 radical (unpaired) electrons. The van der Waals surface area contributed by atoms with Crippen molar-refractivity contribution in [3.8, 4) is 0 Å². The first-order valence-corrected chi connectivity index (χ1v) is 11.7. The van der Waals surface area contributed by atoms with Gasteiger partial charge in [0, 0.05) is 20.6 Å². The zero-order chi connectivity index (χ0) is 16.8. The van der Waals surface area contributed by atoms with Crippen LogP contribution in [0.1, 0.15) is 32.1 Å². The third-order valence-corrected chi connectivity index (χ3v) is 5.49. The number of rotatable bonds is 7. The number of esters is 1. The molecular formula is C17H32O4Si. The molecule has 0 aliphatic heterocycles. The molecule has 1 fully saturated rings. The number of carbonyl (C=O) groups is 1. The van der Waals surface area contributed by atoms with Gasteiger partial charge in [0.2, 0.25) is 0 Å². The second-order valence-corrected chi connectivity index (χ2v) is 12.3. The van der Waals surface area contributed by atoms with E-state index in [-0.39, 0.29) is 12.3 Å². The van der Waals surface area contributed by atoms with E-state index in [1.165, 1.54) is 12.7 Å². The Labute approximate surface area is 136 Å². The van der Waals surface area contributed by atoms with Gasteiger partial charge in [-0.05, 0) is 24.7 Å². The van der Waals surface area contributed by atoms with Crippen LogP contribution in [0, 0.1) is 11.8 Å². The molecule has 0 N–H and O–H groups in total. The van der Waals surface area contributed by atoms with Gasteiger partial charge in [-0.1, -0.05) is 37.3 Å². The highest BCUT2D eigenvalue weighted by molar-refractivity contribution is 6.81. The summed E-state index contributed by atoms with van der Waals surface area (Å²) in [5.74, 6) is 0.648. The van der Waals surface area contributed by atoms with Crippen LogP contribution in [-0.2, 0) is 19.0 Å². The van der Waals surface area contributed by atoms with Crippen molar-refractivity contribution in [2.24, 2.45) is 11.8 Å². The Bertz CT molecular complexity index is 383. The number of allylic oxidation sites excluding steroid dienone is 1. The van der Waals surface area contributed by atoms with E-state index < -0.39 is 8.07 Å². The van der Waals surface area contributed by atoms with E-state index in [9.17, 15) is 4.79 Å². The summed E-state index contributed by atoms with van der Waals surface area (Å²) < 4.78 is 15.7. The minimum Gasteiger partial charge on any atom is -0.469 e. The van der Waals surface area contributed by atoms with E-state index in [4.69, 9.17) is 14.2 Å². The average Bonchev–Trinajstić information content (AvgIpc) is 2.46. The fraction of sp³-hybridized carbons (Fsp3) is 0.824. The fourth-order valence-electron chi connectivity index (χ4n) is 3.29. The maximum atomic E-state index is 11.7. The summed E-state index contributed by atoms with van der Waals surface area (Å²) in [5.41, 5.74) is 3.92. The number of hydrogen-bond donors (Lipinski definition) is 0. The molecule has 0 aromatic heterocycles. The highest BCUT2D eigenvalue weighted by atomic mass is 28.3. The van der Waals surface area contributed by atoms with Crippen molar-refractivity contribution < 1.29 is 19.0 Å². The molecular weight excluding hydrogens is 296 g/mol. The zero-order valence-electron chi connectivity index (χ0n) is 15.0. The molecule has 0 spiro atoms. The van der Waals surface area contributed by atoms with Gasteiger partial charge < -0.3 is 14.2 Å². The molecule has 1 aliphatic carbocycles. The molecule has 0 unspecified atom stereocenters. The largest absolute Gasteiger partial charge is 0.469 e. The van der Waals surface area contributed by atoms with Gasteiger partial charge in [-0.15, -0.1) is 0 Å². The van der Waals surface area contributed by atoms with E-state index in [0.29, 0.717) is 18.3 Å². The van der Waals surface area contributed by atoms with Crippen LogP contribution in [0.5, 0.6) is 0 Å². The van der Waals surface area contributed by atoms with Gasteiger partial charge >= 0.3 is 5.97 Å². The summed E-state index contributed by atoms with van der Waals surface area (Å²) >= 11 is 0. The van der Waals surface area contributed by atoms with Crippen LogP contribution >= 0.6 is 0 Å². The SMILES string of the molecule is COC(=O)C[C@@H]1CCC[C@H](CC(OC)OC)/C1=C\[Si](C)(C)C. The van der Waals surface area contributed by atoms with Crippen molar-refractivity contribution in [1.29, 1.82) is 0 Å². The molecule has 5 heteroatoms. The summed E-state index contributed by atoms with van der Waals surface area (Å²) in [6.45, 7) is 7.01. The molecule has 0 aromatic carbocycles. The van der Waals surface area contributed by atoms with E-state index in [2.05, 4.69) is 25.3 Å². The Hall–Kier alpha value is -0.653. The highest BCUT2D eigenvalue weighted by Gasteiger charge is 2.32. The van der Waals surface area contributed by atoms with Crippen LogP contribution in [0.2, 0.25) is 19.6 Å². The highest BCUT2D eigenvalue weighted by Crippen LogP contribution is 2.40. The van der Waals surface area contributed by atoms with Gasteiger partial charge in [-0.2, -0.15) is 0 Å². The summed E-state index contributed by atoms with van der Waals surface area (Å²) in [4.78, 5) is 11.7. The fourth-order valence-corrected chi connectivity index (χ4v) is 4.76. The van der Waals surface area contributed by atoms with Gasteiger partial charge in [0.15, 0.2) is 6.29 Å². The Morgan fingerprint density at radius 1 is 1.18 bits per heavy atom. The molecule has 4 nitrogen and oxygen atoms in total. The topological polar surface area (TPSA) is 44.8 Å². The van der Waals surface area contributed by atoms with E-state index >= 15 is 0 Å². The van der Waals surface area contributed by atoms with Crippen molar-refractivity contribution >= 4 is 14.0 Å². The molecule has 2 atom stereocenters. The Morgan fingerprint density at radius 2 is 1.77 bits per heavy atom. The number of carbonyl (C=O) groups excluding carboxylic acids is 1. The van der Waals surface area contributed by atoms with Gasteiger partial charge in [0.05, 0.1) is 21.6 Å². The lowest BCUT2D eigenvalue weighted by molar-refractivity contribution is -0.141. The quantitative estimate of drug-likeness (QED) is 0.405. The first kappa shape index (κ1) is 19.4. The van der Waals surface area contributed by atoms with Gasteiger partial charge in [-0.25, -0.2) is 0 Å². The lowest BCUT2D eigenvalue weighted by atomic mass is 9.74. The molecule has 0 aromatic rings. The predicted octanol–water partition coefficient (Wildman–Crippen LogP) is 3.78. The van der Waals surface area contributed by atoms with Crippen LogP contribution in [0.25, 0.3) is 0 Å². The smallest absolute Gasteiger partial charge is 0.306 e. The van der Waals surface area contributed by atoms with Crippen molar-refractivity contribution in [2.75, 3.05) is 21.3 Å². The normalized spacial score (nSPS) is 24.8. The Kier molecular flexibility index (Phi) is 7.80. The van der Waals surface area contributed by atoms with Gasteiger partial charge in [-0.3, -0.25) is 4.79 Å². The second-order valence-electron chi connectivity index (χ2n) is 7.25. The first-order valence-electron chi connectivity index (χ1n) is 8.15. The predicted molar refractivity (Wildman–Crippen MR) is 91.3 cm³/mol. The van der Waals surface area contributed by atoms with Crippen LogP contribution in [-0.4, -0.2) is 41.7 Å². The van der Waals surface area contributed by atoms with Crippen LogP contribution < -0.4 is 0 Å². The molecule has 0 saturated heterocycles. The lowest BCUT2D eigenvalue weighted by Gasteiger charge is -2.35. The molecule has 0 amide bonds. The van der Waals surface area contributed by atoms with Crippen molar-refractivity contribution in [3.05, 3.63) is 11.3 Å². The van der Waals surface area contributed by atoms with Crippen LogP contribution in [0.3, 0.4) is 0 Å². The van der Waals surface area contributed by atoms with Crippen molar-refractivity contribution in [1.82, 2.24) is 0 Å². The molecule has 22 heavy (non-hydrogen) atoms. The first-order chi connectivity index (χ1) is 10.3. The Morgan fingerprint density at radius 3 is 2.27 bits per heavy atom. The van der Waals surface area contributed by atoms with E-state index in [1.54, 1.807) is 14.2 Å². The summed E-state index contributed by atoms with van der Waals surface area (Å²) in [6.07, 6.45) is 4.56. The second kappa shape index (κ2) is 8.84. The van der Waals surface area contributed by atoms with E-state index in [0.717, 1.165) is 25.7 Å². The zero-order valence-corrected chi connectivity index (χ0v) is 16.0. The molecule has 1 saturated carbocycles. The molecule has 128 valence electrons. The number of methoxy groups -OCH3 is 3. The third kappa shape index (κ3) is 6.22. The Balaban J connectivity index is 2.97. The van der Waals surface area contributed by atoms with Crippen LogP contribution in [0.15, 0.2) is 11.3 Å². The standard InChI is InChI=1S/C17H32O4Si/c1-19-16(18)10-13-8-7-9-14(11-17(20-2)21-3)15(13)12-22(4,5)6/h12-14,17H,7-11H2,1-6H3/b15-12-/t13-,14+/m0/s1. The summed E-state index contributed by atoms with van der Waals surface area (Å²) in [5, 5.41) is 0. The van der Waals surface area contributed by atoms with Crippen molar-refractivity contribution in [2.45, 2.75) is 58.0 Å². The molecule has 0 bridgehead atoms. The minimum absolute atomic E-state index is 0.109. The monoisotopic (exact) mass is 328 g/mol. The third-order valence-electron chi connectivity index (χ3n) is 4.29. The van der Waals surface area contributed by atoms with Crippen molar-refractivity contribution in [3.63, 3.8) is 0 Å². The lowest BCUT2D eigenvalue weighted by Crippen LogP contribution is -2.30. The number of hydrogen-bond acceptors (Lipinski definition) is 4. The molecule has 1 rings (SSSR count). The van der Waals surface area contributed by atoms with Gasteiger partial charge in [0.25, 0.3) is 0 Å². The van der Waals surface area contributed by atoms with Crippen LogP contribution in [0.4, 0.5) is 0 Å². The maximum absolute atomic E-state index is 11.7. The summed E-state index contributed by atoms with van der Waals surface area (Å²) in [7, 11) is 3.48. The minimum atomic E-state index is -1.36.